The molecular weight excluding hydrogens is 262 g/mol. The van der Waals surface area contributed by atoms with E-state index in [0.29, 0.717) is 11.6 Å². The molecule has 2 rings (SSSR count). The number of amides is 1. The molecule has 1 fully saturated rings. The van der Waals surface area contributed by atoms with E-state index >= 15 is 0 Å². The molecule has 1 N–H and O–H groups in total. The van der Waals surface area contributed by atoms with Crippen LogP contribution in [0.5, 0.6) is 0 Å². The second-order valence-corrected chi connectivity index (χ2v) is 6.39. The van der Waals surface area contributed by atoms with Gasteiger partial charge in [0.15, 0.2) is 0 Å². The first-order valence-corrected chi connectivity index (χ1v) is 6.92. The molecule has 1 aliphatic heterocycles. The molecule has 1 amide bonds. The number of halogens is 1. The summed E-state index contributed by atoms with van der Waals surface area (Å²) in [5.41, 5.74) is -0.187. The summed E-state index contributed by atoms with van der Waals surface area (Å²) in [6.07, 6.45) is 2.57. The van der Waals surface area contributed by atoms with Crippen LogP contribution in [-0.4, -0.2) is 29.5 Å². The molecule has 0 spiro atoms. The fourth-order valence-electron chi connectivity index (χ4n) is 2.25. The van der Waals surface area contributed by atoms with Gasteiger partial charge in [-0.2, -0.15) is 0 Å². The maximum atomic E-state index is 12.1. The van der Waals surface area contributed by atoms with E-state index in [1.807, 2.05) is 32.9 Å². The third-order valence-electron chi connectivity index (χ3n) is 3.10. The number of aromatic nitrogens is 1. The highest BCUT2D eigenvalue weighted by Gasteiger charge is 2.31. The third kappa shape index (κ3) is 3.60. The first-order valence-electron chi connectivity index (χ1n) is 6.54. The number of anilines is 1. The normalized spacial score (nSPS) is 19.6. The molecule has 0 aromatic carbocycles. The molecule has 1 saturated heterocycles. The van der Waals surface area contributed by atoms with Crippen molar-refractivity contribution < 1.29 is 4.79 Å². The van der Waals surface area contributed by atoms with Gasteiger partial charge in [0.2, 0.25) is 5.91 Å². The molecular formula is C14H20ClN3O. The summed E-state index contributed by atoms with van der Waals surface area (Å²) < 4.78 is 0. The first-order chi connectivity index (χ1) is 8.87. The predicted octanol–water partition coefficient (Wildman–Crippen LogP) is 2.48. The van der Waals surface area contributed by atoms with Crippen molar-refractivity contribution in [3.63, 3.8) is 0 Å². The van der Waals surface area contributed by atoms with Gasteiger partial charge in [0.05, 0.1) is 10.9 Å². The fraction of sp³-hybridized carbons (Fsp3) is 0.571. The van der Waals surface area contributed by atoms with Crippen molar-refractivity contribution in [2.24, 2.45) is 5.92 Å². The van der Waals surface area contributed by atoms with E-state index in [0.717, 1.165) is 18.8 Å². The van der Waals surface area contributed by atoms with E-state index in [9.17, 15) is 4.79 Å². The highest BCUT2D eigenvalue weighted by atomic mass is 35.5. The Morgan fingerprint density at radius 3 is 2.89 bits per heavy atom. The number of carbonyl (C=O) groups excluding carboxylic acids is 1. The van der Waals surface area contributed by atoms with Gasteiger partial charge in [-0.25, -0.2) is 4.98 Å². The van der Waals surface area contributed by atoms with Gasteiger partial charge in [-0.1, -0.05) is 11.6 Å². The van der Waals surface area contributed by atoms with Gasteiger partial charge in [0.25, 0.3) is 0 Å². The van der Waals surface area contributed by atoms with E-state index in [-0.39, 0.29) is 17.4 Å². The predicted molar refractivity (Wildman–Crippen MR) is 77.5 cm³/mol. The van der Waals surface area contributed by atoms with Crippen molar-refractivity contribution in [3.8, 4) is 0 Å². The Hall–Kier alpha value is -1.29. The van der Waals surface area contributed by atoms with Gasteiger partial charge in [-0.15, -0.1) is 0 Å². The Morgan fingerprint density at radius 2 is 2.26 bits per heavy atom. The Balaban J connectivity index is 2.01. The zero-order valence-corrected chi connectivity index (χ0v) is 12.4. The molecule has 1 aromatic heterocycles. The standard InChI is InChI=1S/C14H20ClN3O/c1-14(2,3)17-13(19)10-6-8-18(9-10)12-11(15)5-4-7-16-12/h4-5,7,10H,6,8-9H2,1-3H3,(H,17,19). The van der Waals surface area contributed by atoms with E-state index in [1.54, 1.807) is 6.20 Å². The number of pyridine rings is 1. The molecule has 1 aliphatic rings. The maximum Gasteiger partial charge on any atom is 0.225 e. The molecule has 19 heavy (non-hydrogen) atoms. The second-order valence-electron chi connectivity index (χ2n) is 5.98. The topological polar surface area (TPSA) is 45.2 Å². The lowest BCUT2D eigenvalue weighted by Gasteiger charge is -2.23. The molecule has 0 aliphatic carbocycles. The SMILES string of the molecule is CC(C)(C)NC(=O)C1CCN(c2ncccc2Cl)C1. The Kier molecular flexibility index (Phi) is 3.99. The minimum Gasteiger partial charge on any atom is -0.355 e. The number of carbonyl (C=O) groups is 1. The molecule has 0 radical (unpaired) electrons. The molecule has 0 saturated carbocycles. The van der Waals surface area contributed by atoms with Gasteiger partial charge in [0, 0.05) is 24.8 Å². The molecule has 0 bridgehead atoms. The monoisotopic (exact) mass is 281 g/mol. The summed E-state index contributed by atoms with van der Waals surface area (Å²) in [7, 11) is 0. The lowest BCUT2D eigenvalue weighted by Crippen LogP contribution is -2.44. The van der Waals surface area contributed by atoms with Crippen LogP contribution in [0, 0.1) is 5.92 Å². The van der Waals surface area contributed by atoms with E-state index in [4.69, 9.17) is 11.6 Å². The fourth-order valence-corrected chi connectivity index (χ4v) is 2.49. The van der Waals surface area contributed by atoms with Crippen molar-refractivity contribution in [2.45, 2.75) is 32.7 Å². The average molecular weight is 282 g/mol. The molecule has 1 atom stereocenters. The quantitative estimate of drug-likeness (QED) is 0.906. The van der Waals surface area contributed by atoms with Crippen LogP contribution in [0.2, 0.25) is 5.02 Å². The minimum atomic E-state index is -0.187. The van der Waals surface area contributed by atoms with Gasteiger partial charge in [-0.05, 0) is 39.3 Å². The maximum absolute atomic E-state index is 12.1. The average Bonchev–Trinajstić information content (AvgIpc) is 2.76. The Bertz CT molecular complexity index is 470. The summed E-state index contributed by atoms with van der Waals surface area (Å²) in [6.45, 7) is 7.48. The molecule has 5 heteroatoms. The third-order valence-corrected chi connectivity index (χ3v) is 3.39. The number of hydrogen-bond acceptors (Lipinski definition) is 3. The van der Waals surface area contributed by atoms with Gasteiger partial charge in [-0.3, -0.25) is 4.79 Å². The van der Waals surface area contributed by atoms with Crippen LogP contribution in [0.3, 0.4) is 0 Å². The Labute approximate surface area is 119 Å². The van der Waals surface area contributed by atoms with E-state index in [1.165, 1.54) is 0 Å². The lowest BCUT2D eigenvalue weighted by atomic mass is 10.0. The van der Waals surface area contributed by atoms with Crippen LogP contribution in [0.25, 0.3) is 0 Å². The van der Waals surface area contributed by atoms with Crippen LogP contribution in [0.15, 0.2) is 18.3 Å². The summed E-state index contributed by atoms with van der Waals surface area (Å²) in [5.74, 6) is 0.898. The van der Waals surface area contributed by atoms with Gasteiger partial charge >= 0.3 is 0 Å². The van der Waals surface area contributed by atoms with Crippen molar-refractivity contribution >= 4 is 23.3 Å². The zero-order valence-electron chi connectivity index (χ0n) is 11.6. The smallest absolute Gasteiger partial charge is 0.225 e. The van der Waals surface area contributed by atoms with Crippen LogP contribution in [-0.2, 0) is 4.79 Å². The van der Waals surface area contributed by atoms with Crippen LogP contribution < -0.4 is 10.2 Å². The summed E-state index contributed by atoms with van der Waals surface area (Å²) in [6, 6.07) is 3.64. The van der Waals surface area contributed by atoms with Crippen molar-refractivity contribution in [3.05, 3.63) is 23.4 Å². The van der Waals surface area contributed by atoms with Crippen molar-refractivity contribution in [1.82, 2.24) is 10.3 Å². The zero-order chi connectivity index (χ0) is 14.0. The number of nitrogens with zero attached hydrogens (tertiary/aromatic N) is 2. The number of rotatable bonds is 2. The number of nitrogens with one attached hydrogen (secondary N) is 1. The molecule has 4 nitrogen and oxygen atoms in total. The summed E-state index contributed by atoms with van der Waals surface area (Å²) in [5, 5.41) is 3.67. The highest BCUT2D eigenvalue weighted by Crippen LogP contribution is 2.28. The molecule has 104 valence electrons. The second kappa shape index (κ2) is 5.37. The lowest BCUT2D eigenvalue weighted by molar-refractivity contribution is -0.125. The summed E-state index contributed by atoms with van der Waals surface area (Å²) >= 11 is 6.13. The Morgan fingerprint density at radius 1 is 1.53 bits per heavy atom. The van der Waals surface area contributed by atoms with Gasteiger partial charge in [0.1, 0.15) is 5.82 Å². The first kappa shape index (κ1) is 14.1. The van der Waals surface area contributed by atoms with Gasteiger partial charge < -0.3 is 10.2 Å². The van der Waals surface area contributed by atoms with Crippen LogP contribution >= 0.6 is 11.6 Å². The minimum absolute atomic E-state index is 0.0114. The van der Waals surface area contributed by atoms with Crippen LogP contribution in [0.1, 0.15) is 27.2 Å². The van der Waals surface area contributed by atoms with Crippen LogP contribution in [0.4, 0.5) is 5.82 Å². The highest BCUT2D eigenvalue weighted by molar-refractivity contribution is 6.32. The molecule has 1 aromatic rings. The van der Waals surface area contributed by atoms with Crippen molar-refractivity contribution in [1.29, 1.82) is 0 Å². The van der Waals surface area contributed by atoms with E-state index < -0.39 is 0 Å². The largest absolute Gasteiger partial charge is 0.355 e. The summed E-state index contributed by atoms with van der Waals surface area (Å²) in [4.78, 5) is 18.5. The van der Waals surface area contributed by atoms with Crippen molar-refractivity contribution in [2.75, 3.05) is 18.0 Å². The molecule has 2 heterocycles. The number of hydrogen-bond donors (Lipinski definition) is 1. The molecule has 1 unspecified atom stereocenters. The van der Waals surface area contributed by atoms with E-state index in [2.05, 4.69) is 15.2 Å².